The number of nitrogens with one attached hydrogen (secondary N) is 1. The molecule has 1 aliphatic carbocycles. The lowest BCUT2D eigenvalue weighted by molar-refractivity contribution is 0.0885. The first-order valence-electron chi connectivity index (χ1n) is 10.7. The van der Waals surface area contributed by atoms with Crippen LogP contribution in [0.2, 0.25) is 5.02 Å². The SMILES string of the molecule is C[C@H]1[C@H](C)CCC[C@@H]1NC(=O)c1nc(-c2ccc(Cl)cc2)n2c1CCCCC2. The van der Waals surface area contributed by atoms with Gasteiger partial charge >= 0.3 is 0 Å². The molecular weight excluding hydrogens is 370 g/mol. The van der Waals surface area contributed by atoms with E-state index in [1.54, 1.807) is 0 Å². The molecule has 0 saturated heterocycles. The van der Waals surface area contributed by atoms with Gasteiger partial charge in [-0.25, -0.2) is 4.98 Å². The first-order valence-corrected chi connectivity index (χ1v) is 11.1. The molecule has 2 aromatic rings. The van der Waals surface area contributed by atoms with Gasteiger partial charge in [0.05, 0.1) is 5.69 Å². The Bertz CT molecular complexity index is 842. The van der Waals surface area contributed by atoms with E-state index >= 15 is 0 Å². The number of hydrogen-bond donors (Lipinski definition) is 1. The summed E-state index contributed by atoms with van der Waals surface area (Å²) in [5.74, 6) is 2.05. The van der Waals surface area contributed by atoms with E-state index < -0.39 is 0 Å². The molecule has 1 fully saturated rings. The third kappa shape index (κ3) is 3.84. The van der Waals surface area contributed by atoms with Crippen LogP contribution in [0.15, 0.2) is 24.3 Å². The zero-order valence-corrected chi connectivity index (χ0v) is 17.6. The molecule has 2 aliphatic rings. The van der Waals surface area contributed by atoms with Crippen molar-refractivity contribution >= 4 is 17.5 Å². The smallest absolute Gasteiger partial charge is 0.272 e. The molecule has 150 valence electrons. The summed E-state index contributed by atoms with van der Waals surface area (Å²) in [7, 11) is 0. The highest BCUT2D eigenvalue weighted by atomic mass is 35.5. The molecule has 1 N–H and O–H groups in total. The van der Waals surface area contributed by atoms with Crippen molar-refractivity contribution in [3.8, 4) is 11.4 Å². The van der Waals surface area contributed by atoms with Crippen molar-refractivity contribution in [3.05, 3.63) is 40.7 Å². The number of halogens is 1. The molecule has 0 spiro atoms. The number of imidazole rings is 1. The summed E-state index contributed by atoms with van der Waals surface area (Å²) < 4.78 is 2.26. The highest BCUT2D eigenvalue weighted by Gasteiger charge is 2.31. The molecule has 3 atom stereocenters. The number of fused-ring (bicyclic) bond motifs is 1. The Morgan fingerprint density at radius 2 is 1.89 bits per heavy atom. The summed E-state index contributed by atoms with van der Waals surface area (Å²) >= 11 is 6.07. The Labute approximate surface area is 172 Å². The second-order valence-electron chi connectivity index (χ2n) is 8.55. The van der Waals surface area contributed by atoms with Gasteiger partial charge in [-0.05, 0) is 61.8 Å². The van der Waals surface area contributed by atoms with Gasteiger partial charge in [-0.3, -0.25) is 4.79 Å². The number of hydrogen-bond acceptors (Lipinski definition) is 2. The summed E-state index contributed by atoms with van der Waals surface area (Å²) in [6.07, 6.45) is 7.87. The van der Waals surface area contributed by atoms with Gasteiger partial charge in [0, 0.05) is 23.2 Å². The lowest BCUT2D eigenvalue weighted by Crippen LogP contribution is -2.44. The standard InChI is InChI=1S/C23H30ClN3O/c1-15-7-6-8-19(16(15)2)25-23(28)21-20-9-4-3-5-14-27(20)22(26-21)17-10-12-18(24)13-11-17/h10-13,15-16,19H,3-9,14H2,1-2H3,(H,25,28)/t15-,16+,19+/m1/s1. The van der Waals surface area contributed by atoms with Gasteiger partial charge in [-0.2, -0.15) is 0 Å². The Morgan fingerprint density at radius 1 is 1.11 bits per heavy atom. The molecule has 0 unspecified atom stereocenters. The van der Waals surface area contributed by atoms with E-state index in [1.807, 2.05) is 24.3 Å². The lowest BCUT2D eigenvalue weighted by Gasteiger charge is -2.34. The molecule has 0 radical (unpaired) electrons. The largest absolute Gasteiger partial charge is 0.348 e. The summed E-state index contributed by atoms with van der Waals surface area (Å²) in [4.78, 5) is 18.1. The number of amides is 1. The fourth-order valence-corrected chi connectivity index (χ4v) is 4.87. The summed E-state index contributed by atoms with van der Waals surface area (Å²) in [6, 6.07) is 8.02. The number of aromatic nitrogens is 2. The van der Waals surface area contributed by atoms with Crippen molar-refractivity contribution < 1.29 is 4.79 Å². The lowest BCUT2D eigenvalue weighted by atomic mass is 9.78. The summed E-state index contributed by atoms with van der Waals surface area (Å²) in [5, 5.41) is 4.04. The van der Waals surface area contributed by atoms with Gasteiger partial charge in [0.1, 0.15) is 11.5 Å². The van der Waals surface area contributed by atoms with Crippen molar-refractivity contribution in [3.63, 3.8) is 0 Å². The van der Waals surface area contributed by atoms with Crippen LogP contribution in [0.5, 0.6) is 0 Å². The third-order valence-electron chi connectivity index (χ3n) is 6.71. The molecule has 0 bridgehead atoms. The van der Waals surface area contributed by atoms with Crippen molar-refractivity contribution in [1.29, 1.82) is 0 Å². The zero-order valence-electron chi connectivity index (χ0n) is 16.9. The van der Waals surface area contributed by atoms with Crippen LogP contribution in [0.4, 0.5) is 0 Å². The van der Waals surface area contributed by atoms with Crippen LogP contribution in [0.25, 0.3) is 11.4 Å². The minimum atomic E-state index is -0.00295. The molecule has 28 heavy (non-hydrogen) atoms. The second kappa shape index (κ2) is 8.28. The third-order valence-corrected chi connectivity index (χ3v) is 6.96. The molecule has 1 saturated carbocycles. The fraction of sp³-hybridized carbons (Fsp3) is 0.565. The van der Waals surface area contributed by atoms with E-state index in [1.165, 1.54) is 19.3 Å². The Hall–Kier alpha value is -1.81. The molecule has 1 aliphatic heterocycles. The number of nitrogens with zero attached hydrogens (tertiary/aromatic N) is 2. The molecule has 1 aromatic heterocycles. The summed E-state index contributed by atoms with van der Waals surface area (Å²) in [6.45, 7) is 5.48. The normalized spacial score (nSPS) is 25.0. The number of carbonyl (C=O) groups excluding carboxylic acids is 1. The molecule has 4 nitrogen and oxygen atoms in total. The van der Waals surface area contributed by atoms with Crippen LogP contribution in [0.1, 0.15) is 68.6 Å². The topological polar surface area (TPSA) is 46.9 Å². The van der Waals surface area contributed by atoms with Crippen LogP contribution in [-0.2, 0) is 13.0 Å². The number of rotatable bonds is 3. The predicted molar refractivity (Wildman–Crippen MR) is 114 cm³/mol. The number of benzene rings is 1. The van der Waals surface area contributed by atoms with Crippen LogP contribution in [0, 0.1) is 11.8 Å². The monoisotopic (exact) mass is 399 g/mol. The van der Waals surface area contributed by atoms with E-state index in [0.29, 0.717) is 22.6 Å². The van der Waals surface area contributed by atoms with Crippen LogP contribution < -0.4 is 5.32 Å². The van der Waals surface area contributed by atoms with Gasteiger partial charge < -0.3 is 9.88 Å². The van der Waals surface area contributed by atoms with Gasteiger partial charge in [0.2, 0.25) is 0 Å². The first-order chi connectivity index (χ1) is 13.5. The van der Waals surface area contributed by atoms with E-state index in [0.717, 1.165) is 49.3 Å². The predicted octanol–water partition coefficient (Wildman–Crippen LogP) is 5.48. The van der Waals surface area contributed by atoms with Crippen LogP contribution >= 0.6 is 11.6 Å². The maximum Gasteiger partial charge on any atom is 0.272 e. The fourth-order valence-electron chi connectivity index (χ4n) is 4.74. The summed E-state index contributed by atoms with van der Waals surface area (Å²) in [5.41, 5.74) is 2.74. The van der Waals surface area contributed by atoms with Crippen molar-refractivity contribution in [1.82, 2.24) is 14.9 Å². The second-order valence-corrected chi connectivity index (χ2v) is 8.98. The Balaban J connectivity index is 1.66. The maximum atomic E-state index is 13.2. The first kappa shape index (κ1) is 19.5. The van der Waals surface area contributed by atoms with E-state index in [9.17, 15) is 4.79 Å². The molecule has 1 aromatic carbocycles. The molecular formula is C23H30ClN3O. The minimum absolute atomic E-state index is 0.00295. The van der Waals surface area contributed by atoms with E-state index in [-0.39, 0.29) is 11.9 Å². The highest BCUT2D eigenvalue weighted by molar-refractivity contribution is 6.30. The minimum Gasteiger partial charge on any atom is -0.348 e. The van der Waals surface area contributed by atoms with Crippen molar-refractivity contribution in [2.24, 2.45) is 11.8 Å². The van der Waals surface area contributed by atoms with Gasteiger partial charge in [-0.15, -0.1) is 0 Å². The van der Waals surface area contributed by atoms with Gasteiger partial charge in [0.15, 0.2) is 0 Å². The zero-order chi connectivity index (χ0) is 19.7. The molecule has 5 heteroatoms. The van der Waals surface area contributed by atoms with Crippen molar-refractivity contribution in [2.75, 3.05) is 0 Å². The Kier molecular flexibility index (Phi) is 5.77. The highest BCUT2D eigenvalue weighted by Crippen LogP contribution is 2.31. The van der Waals surface area contributed by atoms with Crippen LogP contribution in [0.3, 0.4) is 0 Å². The number of carbonyl (C=O) groups is 1. The molecule has 1 amide bonds. The molecule has 4 rings (SSSR count). The van der Waals surface area contributed by atoms with Gasteiger partial charge in [-0.1, -0.05) is 44.7 Å². The maximum absolute atomic E-state index is 13.2. The average Bonchev–Trinajstić information content (AvgIpc) is 2.88. The molecule has 2 heterocycles. The van der Waals surface area contributed by atoms with Gasteiger partial charge in [0.25, 0.3) is 5.91 Å². The van der Waals surface area contributed by atoms with E-state index in [2.05, 4.69) is 23.7 Å². The quantitative estimate of drug-likeness (QED) is 0.742. The van der Waals surface area contributed by atoms with Crippen molar-refractivity contribution in [2.45, 2.75) is 71.4 Å². The Morgan fingerprint density at radius 3 is 2.68 bits per heavy atom. The average molecular weight is 400 g/mol. The van der Waals surface area contributed by atoms with E-state index in [4.69, 9.17) is 16.6 Å². The van der Waals surface area contributed by atoms with Crippen LogP contribution in [-0.4, -0.2) is 21.5 Å².